The van der Waals surface area contributed by atoms with Crippen LogP contribution in [0.4, 0.5) is 0 Å². The van der Waals surface area contributed by atoms with Crippen molar-refractivity contribution in [1.82, 2.24) is 5.32 Å². The Bertz CT molecular complexity index is 942. The summed E-state index contributed by atoms with van der Waals surface area (Å²) in [5.41, 5.74) is 2.62. The number of carbonyl (C=O) groups is 2. The van der Waals surface area contributed by atoms with E-state index >= 15 is 0 Å². The molecule has 1 aliphatic rings. The first-order valence-electron chi connectivity index (χ1n) is 10.1. The van der Waals surface area contributed by atoms with E-state index in [2.05, 4.69) is 11.9 Å². The van der Waals surface area contributed by atoms with E-state index in [0.29, 0.717) is 30.2 Å². The molecule has 3 N–H and O–H groups in total. The third-order valence-corrected chi connectivity index (χ3v) is 5.65. The minimum Gasteiger partial charge on any atom is -0.493 e. The fourth-order valence-electron chi connectivity index (χ4n) is 4.03. The molecular weight excluding hydrogens is 398 g/mol. The van der Waals surface area contributed by atoms with Gasteiger partial charge < -0.3 is 25.0 Å². The summed E-state index contributed by atoms with van der Waals surface area (Å²) in [6, 6.07) is 14.6. The molecule has 0 unspecified atom stereocenters. The monoisotopic (exact) mass is 425 g/mol. The van der Waals surface area contributed by atoms with E-state index in [1.54, 1.807) is 19.2 Å². The van der Waals surface area contributed by atoms with Crippen LogP contribution >= 0.6 is 0 Å². The van der Waals surface area contributed by atoms with Crippen LogP contribution < -0.4 is 14.8 Å². The number of aliphatic carboxylic acids is 2. The Morgan fingerprint density at radius 1 is 1.13 bits per heavy atom. The van der Waals surface area contributed by atoms with Crippen LogP contribution in [0.3, 0.4) is 0 Å². The fourth-order valence-corrected chi connectivity index (χ4v) is 4.03. The van der Waals surface area contributed by atoms with Crippen LogP contribution in [-0.2, 0) is 16.0 Å². The molecule has 0 radical (unpaired) electrons. The lowest BCUT2D eigenvalue weighted by Gasteiger charge is -2.23. The van der Waals surface area contributed by atoms with Gasteiger partial charge in [-0.05, 0) is 28.8 Å². The molecule has 1 fully saturated rings. The first-order chi connectivity index (χ1) is 14.9. The summed E-state index contributed by atoms with van der Waals surface area (Å²) in [6.07, 6.45) is 0.519. The van der Waals surface area contributed by atoms with Crippen LogP contribution in [0.2, 0.25) is 0 Å². The Morgan fingerprint density at radius 2 is 1.87 bits per heavy atom. The smallest absolute Gasteiger partial charge is 0.321 e. The molecule has 1 heterocycles. The molecule has 3 rings (SSSR count). The summed E-state index contributed by atoms with van der Waals surface area (Å²) in [5, 5.41) is 21.6. The van der Waals surface area contributed by atoms with Crippen molar-refractivity contribution in [2.75, 3.05) is 20.3 Å². The molecule has 0 bridgehead atoms. The minimum absolute atomic E-state index is 0.245. The van der Waals surface area contributed by atoms with E-state index in [4.69, 9.17) is 9.47 Å². The number of methoxy groups -OCH3 is 1. The van der Waals surface area contributed by atoms with Gasteiger partial charge in [0.1, 0.15) is 6.04 Å². The third-order valence-electron chi connectivity index (χ3n) is 5.65. The van der Waals surface area contributed by atoms with Crippen molar-refractivity contribution in [2.24, 2.45) is 11.8 Å². The van der Waals surface area contributed by atoms with Crippen LogP contribution in [-0.4, -0.2) is 48.5 Å². The maximum absolute atomic E-state index is 11.5. The van der Waals surface area contributed by atoms with Crippen molar-refractivity contribution < 1.29 is 29.3 Å². The maximum Gasteiger partial charge on any atom is 0.321 e. The van der Waals surface area contributed by atoms with Crippen LogP contribution in [0.5, 0.6) is 11.5 Å². The average molecular weight is 425 g/mol. The van der Waals surface area contributed by atoms with Crippen LogP contribution in [0, 0.1) is 11.8 Å². The molecule has 2 aromatic carbocycles. The molecule has 0 saturated carbocycles. The number of benzene rings is 2. The maximum atomic E-state index is 11.5. The molecular formula is C24H27NO6. The lowest BCUT2D eigenvalue weighted by molar-refractivity contribution is -0.142. The first kappa shape index (κ1) is 22.4. The van der Waals surface area contributed by atoms with Crippen molar-refractivity contribution in [2.45, 2.75) is 18.9 Å². The second kappa shape index (κ2) is 10.1. The first-order valence-corrected chi connectivity index (χ1v) is 10.1. The summed E-state index contributed by atoms with van der Waals surface area (Å²) in [7, 11) is 1.55. The highest BCUT2D eigenvalue weighted by Gasteiger charge is 2.42. The van der Waals surface area contributed by atoms with Crippen LogP contribution in [0.25, 0.3) is 5.57 Å². The number of carboxylic acids is 2. The molecule has 7 nitrogen and oxygen atoms in total. The quantitative estimate of drug-likeness (QED) is 0.537. The van der Waals surface area contributed by atoms with Gasteiger partial charge in [0, 0.05) is 24.8 Å². The van der Waals surface area contributed by atoms with Gasteiger partial charge in [-0.2, -0.15) is 0 Å². The lowest BCUT2D eigenvalue weighted by atomic mass is 9.81. The van der Waals surface area contributed by atoms with Gasteiger partial charge >= 0.3 is 11.9 Å². The lowest BCUT2D eigenvalue weighted by Crippen LogP contribution is -2.36. The fraction of sp³-hybridized carbons (Fsp3) is 0.333. The van der Waals surface area contributed by atoms with Gasteiger partial charge in [0.15, 0.2) is 11.5 Å². The van der Waals surface area contributed by atoms with E-state index in [1.807, 2.05) is 36.4 Å². The molecule has 1 saturated heterocycles. The molecule has 2 aromatic rings. The molecule has 0 amide bonds. The molecule has 0 aromatic heterocycles. The normalized spacial score (nSPS) is 20.2. The Morgan fingerprint density at radius 3 is 2.52 bits per heavy atom. The highest BCUT2D eigenvalue weighted by atomic mass is 16.5. The van der Waals surface area contributed by atoms with Crippen molar-refractivity contribution in [3.8, 4) is 11.5 Å². The van der Waals surface area contributed by atoms with E-state index in [9.17, 15) is 19.8 Å². The van der Waals surface area contributed by atoms with E-state index in [1.165, 1.54) is 5.56 Å². The van der Waals surface area contributed by atoms with Gasteiger partial charge in [-0.1, -0.05) is 43.0 Å². The van der Waals surface area contributed by atoms with Gasteiger partial charge in [0.05, 0.1) is 20.1 Å². The predicted octanol–water partition coefficient (Wildman–Crippen LogP) is 3.09. The van der Waals surface area contributed by atoms with Gasteiger partial charge in [0.2, 0.25) is 0 Å². The van der Waals surface area contributed by atoms with Gasteiger partial charge in [-0.15, -0.1) is 0 Å². The van der Waals surface area contributed by atoms with Crippen LogP contribution in [0.1, 0.15) is 17.5 Å². The summed E-state index contributed by atoms with van der Waals surface area (Å²) in [5.74, 6) is -1.84. The number of rotatable bonds is 10. The molecule has 0 spiro atoms. The van der Waals surface area contributed by atoms with Gasteiger partial charge in [-0.25, -0.2) is 0 Å². The summed E-state index contributed by atoms with van der Waals surface area (Å²) in [6.45, 7) is 4.99. The molecule has 31 heavy (non-hydrogen) atoms. The number of carboxylic acid groups (broad SMARTS) is 2. The molecule has 7 heteroatoms. The molecule has 0 aliphatic carbocycles. The highest BCUT2D eigenvalue weighted by Crippen LogP contribution is 2.38. The van der Waals surface area contributed by atoms with Crippen molar-refractivity contribution in [1.29, 1.82) is 0 Å². The SMILES string of the molecule is C=C(c1ccc(OCCc2ccccc2)c(OC)c1)[C@@H]1CN[C@@H](C(=O)O)[C@@H]1CC(=O)O. The topological polar surface area (TPSA) is 105 Å². The van der Waals surface area contributed by atoms with Crippen LogP contribution in [0.15, 0.2) is 55.1 Å². The van der Waals surface area contributed by atoms with Crippen molar-refractivity contribution >= 4 is 17.5 Å². The predicted molar refractivity (Wildman–Crippen MR) is 116 cm³/mol. The van der Waals surface area contributed by atoms with Crippen molar-refractivity contribution in [3.05, 3.63) is 66.2 Å². The molecule has 3 atom stereocenters. The van der Waals surface area contributed by atoms with E-state index in [0.717, 1.165) is 12.0 Å². The standard InChI is InChI=1S/C24H27NO6/c1-15(19-14-25-23(24(28)29)18(19)13-22(26)27)17-8-9-20(21(12-17)30-2)31-11-10-16-6-4-3-5-7-16/h3-9,12,18-19,23,25H,1,10-11,13-14H2,2H3,(H,26,27)(H,28,29)/t18-,19+,23-/m1/s1. The van der Waals surface area contributed by atoms with Crippen molar-refractivity contribution in [3.63, 3.8) is 0 Å². The molecule has 164 valence electrons. The Balaban J connectivity index is 1.72. The van der Waals surface area contributed by atoms with Gasteiger partial charge in [0.25, 0.3) is 0 Å². The van der Waals surface area contributed by atoms with E-state index in [-0.39, 0.29) is 12.3 Å². The van der Waals surface area contributed by atoms with Gasteiger partial charge in [-0.3, -0.25) is 9.59 Å². The second-order valence-corrected chi connectivity index (χ2v) is 7.57. The summed E-state index contributed by atoms with van der Waals surface area (Å²) >= 11 is 0. The second-order valence-electron chi connectivity index (χ2n) is 7.57. The summed E-state index contributed by atoms with van der Waals surface area (Å²) < 4.78 is 11.4. The zero-order valence-corrected chi connectivity index (χ0v) is 17.4. The number of hydrogen-bond donors (Lipinski definition) is 3. The largest absolute Gasteiger partial charge is 0.493 e. The van der Waals surface area contributed by atoms with E-state index < -0.39 is 23.9 Å². The highest BCUT2D eigenvalue weighted by molar-refractivity contribution is 5.79. The third kappa shape index (κ3) is 5.44. The Labute approximate surface area is 181 Å². The minimum atomic E-state index is -1.05. The Hall–Kier alpha value is -3.32. The molecule has 1 aliphatic heterocycles. The number of ether oxygens (including phenoxy) is 2. The number of hydrogen-bond acceptors (Lipinski definition) is 5. The average Bonchev–Trinajstić information content (AvgIpc) is 3.17. The number of nitrogens with one attached hydrogen (secondary N) is 1. The zero-order chi connectivity index (χ0) is 22.4. The zero-order valence-electron chi connectivity index (χ0n) is 17.4. The summed E-state index contributed by atoms with van der Waals surface area (Å²) in [4.78, 5) is 22.8. The Kier molecular flexibility index (Phi) is 7.31.